The molecule has 2 rings (SSSR count). The molecular formula is C15H18O3S. The zero-order chi connectivity index (χ0) is 13.7. The van der Waals surface area contributed by atoms with E-state index in [0.717, 1.165) is 17.1 Å². The lowest BCUT2D eigenvalue weighted by Crippen LogP contribution is -2.36. The van der Waals surface area contributed by atoms with Gasteiger partial charge in [-0.05, 0) is 37.1 Å². The number of rotatable bonds is 5. The summed E-state index contributed by atoms with van der Waals surface area (Å²) in [5.74, 6) is 0.446. The molecule has 0 amide bonds. The van der Waals surface area contributed by atoms with E-state index in [1.807, 2.05) is 30.3 Å². The van der Waals surface area contributed by atoms with Gasteiger partial charge in [-0.2, -0.15) is 0 Å². The number of Topliss-reactive ketones (excluding diaryl/α,β-unsaturated/α-hetero) is 1. The van der Waals surface area contributed by atoms with E-state index in [4.69, 9.17) is 4.74 Å². The Hall–Kier alpha value is -1.29. The van der Waals surface area contributed by atoms with Crippen molar-refractivity contribution in [1.29, 1.82) is 0 Å². The number of hydrogen-bond acceptors (Lipinski definition) is 4. The number of thioether (sulfide) groups is 1. The molecule has 0 heterocycles. The van der Waals surface area contributed by atoms with Crippen molar-refractivity contribution < 1.29 is 14.3 Å². The summed E-state index contributed by atoms with van der Waals surface area (Å²) >= 11 is 1.68. The molecular weight excluding hydrogens is 260 g/mol. The molecule has 0 aromatic heterocycles. The predicted molar refractivity (Wildman–Crippen MR) is 75.1 cm³/mol. The Kier molecular flexibility index (Phi) is 4.64. The van der Waals surface area contributed by atoms with Gasteiger partial charge in [0.05, 0.1) is 7.11 Å². The van der Waals surface area contributed by atoms with Gasteiger partial charge in [0.1, 0.15) is 11.2 Å². The number of hydrogen-bond donors (Lipinski definition) is 0. The van der Waals surface area contributed by atoms with Gasteiger partial charge in [-0.1, -0.05) is 18.2 Å². The van der Waals surface area contributed by atoms with Crippen molar-refractivity contribution >= 4 is 23.5 Å². The highest BCUT2D eigenvalue weighted by atomic mass is 32.2. The Bertz CT molecular complexity index is 458. The molecule has 0 aliphatic heterocycles. The first-order valence-corrected chi connectivity index (χ1v) is 7.47. The Balaban J connectivity index is 1.98. The number of methoxy groups -OCH3 is 1. The molecule has 3 nitrogen and oxygen atoms in total. The summed E-state index contributed by atoms with van der Waals surface area (Å²) in [5, 5.41) is 0. The van der Waals surface area contributed by atoms with Gasteiger partial charge in [0.15, 0.2) is 0 Å². The number of benzene rings is 1. The van der Waals surface area contributed by atoms with Crippen LogP contribution in [-0.2, 0) is 14.3 Å². The van der Waals surface area contributed by atoms with E-state index < -0.39 is 5.41 Å². The van der Waals surface area contributed by atoms with Crippen LogP contribution in [0.15, 0.2) is 35.2 Å². The zero-order valence-corrected chi connectivity index (χ0v) is 11.9. The lowest BCUT2D eigenvalue weighted by molar-refractivity contribution is -0.156. The van der Waals surface area contributed by atoms with Gasteiger partial charge < -0.3 is 4.74 Å². The van der Waals surface area contributed by atoms with Crippen LogP contribution in [0.25, 0.3) is 0 Å². The quantitative estimate of drug-likeness (QED) is 0.471. The minimum Gasteiger partial charge on any atom is -0.468 e. The number of ether oxygens (including phenoxy) is 1. The molecule has 0 unspecified atom stereocenters. The third kappa shape index (κ3) is 3.00. The number of esters is 1. The van der Waals surface area contributed by atoms with Crippen LogP contribution < -0.4 is 0 Å². The lowest BCUT2D eigenvalue weighted by atomic mass is 9.82. The maximum absolute atomic E-state index is 12.0. The van der Waals surface area contributed by atoms with Gasteiger partial charge in [0.25, 0.3) is 0 Å². The molecule has 1 saturated carbocycles. The summed E-state index contributed by atoms with van der Waals surface area (Å²) in [7, 11) is 1.36. The first kappa shape index (κ1) is 14.1. The second-order valence-electron chi connectivity index (χ2n) is 4.76. The highest BCUT2D eigenvalue weighted by molar-refractivity contribution is 7.99. The summed E-state index contributed by atoms with van der Waals surface area (Å²) in [4.78, 5) is 25.1. The average Bonchev–Trinajstić information content (AvgIpc) is 2.81. The molecule has 1 aliphatic rings. The third-order valence-electron chi connectivity index (χ3n) is 3.66. The standard InChI is InChI=1S/C15H18O3S/c1-18-14(17)15(9-5-8-13(15)16)10-11-19-12-6-3-2-4-7-12/h2-4,6-7H,5,8-11H2,1H3/t15-/m0/s1. The first-order valence-electron chi connectivity index (χ1n) is 6.48. The summed E-state index contributed by atoms with van der Waals surface area (Å²) in [6, 6.07) is 10.0. The Morgan fingerprint density at radius 2 is 2.11 bits per heavy atom. The van der Waals surface area contributed by atoms with E-state index in [9.17, 15) is 9.59 Å². The summed E-state index contributed by atoms with van der Waals surface area (Å²) < 4.78 is 4.84. The molecule has 1 aromatic carbocycles. The molecule has 102 valence electrons. The van der Waals surface area contributed by atoms with E-state index in [2.05, 4.69) is 0 Å². The third-order valence-corrected chi connectivity index (χ3v) is 4.67. The predicted octanol–water partition coefficient (Wildman–Crippen LogP) is 3.08. The summed E-state index contributed by atoms with van der Waals surface area (Å²) in [6.45, 7) is 0. The fraction of sp³-hybridized carbons (Fsp3) is 0.467. The van der Waals surface area contributed by atoms with Crippen LogP contribution in [0.3, 0.4) is 0 Å². The molecule has 0 N–H and O–H groups in total. The molecule has 4 heteroatoms. The van der Waals surface area contributed by atoms with Gasteiger partial charge in [-0.25, -0.2) is 0 Å². The molecule has 1 atom stereocenters. The largest absolute Gasteiger partial charge is 0.468 e. The van der Waals surface area contributed by atoms with E-state index >= 15 is 0 Å². The van der Waals surface area contributed by atoms with Crippen LogP contribution in [0.2, 0.25) is 0 Å². The van der Waals surface area contributed by atoms with Crippen LogP contribution in [0.1, 0.15) is 25.7 Å². The molecule has 0 bridgehead atoms. The highest BCUT2D eigenvalue weighted by Crippen LogP contribution is 2.40. The maximum Gasteiger partial charge on any atom is 0.319 e. The van der Waals surface area contributed by atoms with Crippen LogP contribution >= 0.6 is 11.8 Å². The van der Waals surface area contributed by atoms with Crippen molar-refractivity contribution in [3.8, 4) is 0 Å². The lowest BCUT2D eigenvalue weighted by Gasteiger charge is -2.23. The van der Waals surface area contributed by atoms with E-state index in [0.29, 0.717) is 19.3 Å². The van der Waals surface area contributed by atoms with Gasteiger partial charge in [0.2, 0.25) is 0 Å². The van der Waals surface area contributed by atoms with Crippen molar-refractivity contribution in [3.05, 3.63) is 30.3 Å². The Morgan fingerprint density at radius 3 is 2.68 bits per heavy atom. The number of carbonyl (C=O) groups is 2. The minimum absolute atomic E-state index is 0.0491. The van der Waals surface area contributed by atoms with Crippen molar-refractivity contribution in [2.75, 3.05) is 12.9 Å². The smallest absolute Gasteiger partial charge is 0.319 e. The van der Waals surface area contributed by atoms with Gasteiger partial charge in [0, 0.05) is 11.3 Å². The van der Waals surface area contributed by atoms with Gasteiger partial charge >= 0.3 is 5.97 Å². The Labute approximate surface area is 117 Å². The van der Waals surface area contributed by atoms with E-state index in [1.54, 1.807) is 11.8 Å². The highest BCUT2D eigenvalue weighted by Gasteiger charge is 2.48. The van der Waals surface area contributed by atoms with Crippen LogP contribution in [0.4, 0.5) is 0 Å². The molecule has 0 radical (unpaired) electrons. The zero-order valence-electron chi connectivity index (χ0n) is 11.1. The minimum atomic E-state index is -0.878. The molecule has 1 aliphatic carbocycles. The van der Waals surface area contributed by atoms with Crippen molar-refractivity contribution in [1.82, 2.24) is 0 Å². The van der Waals surface area contributed by atoms with Crippen LogP contribution in [-0.4, -0.2) is 24.6 Å². The summed E-state index contributed by atoms with van der Waals surface area (Å²) in [6.07, 6.45) is 2.50. The fourth-order valence-electron chi connectivity index (χ4n) is 2.57. The van der Waals surface area contributed by atoms with E-state index in [-0.39, 0.29) is 11.8 Å². The average molecular weight is 278 g/mol. The van der Waals surface area contributed by atoms with Crippen molar-refractivity contribution in [2.45, 2.75) is 30.6 Å². The summed E-state index contributed by atoms with van der Waals surface area (Å²) in [5.41, 5.74) is -0.878. The molecule has 0 saturated heterocycles. The number of ketones is 1. The monoisotopic (exact) mass is 278 g/mol. The molecule has 1 aromatic rings. The van der Waals surface area contributed by atoms with Crippen molar-refractivity contribution in [3.63, 3.8) is 0 Å². The van der Waals surface area contributed by atoms with Crippen LogP contribution in [0.5, 0.6) is 0 Å². The number of carbonyl (C=O) groups excluding carboxylic acids is 2. The molecule has 0 spiro atoms. The second kappa shape index (κ2) is 6.24. The van der Waals surface area contributed by atoms with E-state index in [1.165, 1.54) is 7.11 Å². The SMILES string of the molecule is COC(=O)[C@]1(CCSc2ccccc2)CCCC1=O. The Morgan fingerprint density at radius 1 is 1.37 bits per heavy atom. The van der Waals surface area contributed by atoms with Gasteiger partial charge in [-0.15, -0.1) is 11.8 Å². The first-order chi connectivity index (χ1) is 9.19. The topological polar surface area (TPSA) is 43.4 Å². The second-order valence-corrected chi connectivity index (χ2v) is 5.93. The fourth-order valence-corrected chi connectivity index (χ4v) is 3.60. The normalized spacial score (nSPS) is 22.5. The van der Waals surface area contributed by atoms with Gasteiger partial charge in [-0.3, -0.25) is 9.59 Å². The maximum atomic E-state index is 12.0. The molecule has 1 fully saturated rings. The van der Waals surface area contributed by atoms with Crippen molar-refractivity contribution in [2.24, 2.45) is 5.41 Å². The molecule has 19 heavy (non-hydrogen) atoms. The van der Waals surface area contributed by atoms with Crippen LogP contribution in [0, 0.1) is 5.41 Å².